The summed E-state index contributed by atoms with van der Waals surface area (Å²) in [6, 6.07) is 7.50. The molecule has 0 atom stereocenters. The van der Waals surface area contributed by atoms with E-state index in [2.05, 4.69) is 26.1 Å². The van der Waals surface area contributed by atoms with Crippen molar-refractivity contribution in [2.45, 2.75) is 52.5 Å². The summed E-state index contributed by atoms with van der Waals surface area (Å²) in [5.41, 5.74) is 1.25. The Kier molecular flexibility index (Phi) is 6.22. The summed E-state index contributed by atoms with van der Waals surface area (Å²) in [5, 5.41) is 2.79. The highest BCUT2D eigenvalue weighted by Gasteiger charge is 2.29. The lowest BCUT2D eigenvalue weighted by Crippen LogP contribution is -2.48. The molecule has 1 aromatic carbocycles. The van der Waals surface area contributed by atoms with Gasteiger partial charge in [0.05, 0.1) is 6.26 Å². The standard InChI is InChI=1S/C18H30N2O3S/c1-17(2,3)15-10-8-14(9-11-15)16(21)19-12-13-20(18(4,5)6)24(7,22)23/h8-11H,12-13H2,1-7H3,(H,19,21). The second kappa shape index (κ2) is 7.23. The molecule has 0 spiro atoms. The van der Waals surface area contributed by atoms with Gasteiger partial charge in [-0.2, -0.15) is 4.31 Å². The molecule has 1 rings (SSSR count). The van der Waals surface area contributed by atoms with Crippen molar-refractivity contribution in [3.63, 3.8) is 0 Å². The molecule has 5 nitrogen and oxygen atoms in total. The van der Waals surface area contributed by atoms with Gasteiger partial charge in [-0.25, -0.2) is 8.42 Å². The summed E-state index contributed by atoms with van der Waals surface area (Å²) in [6.45, 7) is 12.4. The van der Waals surface area contributed by atoms with Crippen LogP contribution >= 0.6 is 0 Å². The summed E-state index contributed by atoms with van der Waals surface area (Å²) in [7, 11) is -3.33. The second-order valence-electron chi connectivity index (χ2n) is 8.09. The molecule has 0 aliphatic heterocycles. The highest BCUT2D eigenvalue weighted by molar-refractivity contribution is 7.88. The van der Waals surface area contributed by atoms with Crippen molar-refractivity contribution in [1.82, 2.24) is 9.62 Å². The van der Waals surface area contributed by atoms with Crippen LogP contribution in [0.15, 0.2) is 24.3 Å². The van der Waals surface area contributed by atoms with Crippen LogP contribution in [0.25, 0.3) is 0 Å². The molecule has 0 unspecified atom stereocenters. The summed E-state index contributed by atoms with van der Waals surface area (Å²) in [6.07, 6.45) is 1.19. The lowest BCUT2D eigenvalue weighted by Gasteiger charge is -2.33. The van der Waals surface area contributed by atoms with Gasteiger partial charge in [-0.3, -0.25) is 4.79 Å². The zero-order chi connectivity index (χ0) is 18.8. The van der Waals surface area contributed by atoms with Crippen LogP contribution in [0.1, 0.15) is 57.5 Å². The number of carbonyl (C=O) groups is 1. The predicted octanol–water partition coefficient (Wildman–Crippen LogP) is 2.77. The van der Waals surface area contributed by atoms with Crippen LogP contribution in [0.4, 0.5) is 0 Å². The van der Waals surface area contributed by atoms with Crippen molar-refractivity contribution in [3.05, 3.63) is 35.4 Å². The zero-order valence-corrected chi connectivity index (χ0v) is 16.6. The molecule has 0 fully saturated rings. The van der Waals surface area contributed by atoms with Crippen LogP contribution in [0.5, 0.6) is 0 Å². The highest BCUT2D eigenvalue weighted by atomic mass is 32.2. The van der Waals surface area contributed by atoms with Gasteiger partial charge >= 0.3 is 0 Å². The molecule has 136 valence electrons. The maximum absolute atomic E-state index is 12.2. The normalized spacial score (nSPS) is 13.2. The molecule has 0 saturated heterocycles. The summed E-state index contributed by atoms with van der Waals surface area (Å²) in [5.74, 6) is -0.196. The smallest absolute Gasteiger partial charge is 0.251 e. The van der Waals surface area contributed by atoms with E-state index in [1.54, 1.807) is 12.1 Å². The number of benzene rings is 1. The van der Waals surface area contributed by atoms with Crippen LogP contribution in [0.3, 0.4) is 0 Å². The minimum atomic E-state index is -3.33. The van der Waals surface area contributed by atoms with Crippen LogP contribution in [0.2, 0.25) is 0 Å². The van der Waals surface area contributed by atoms with Gasteiger partial charge in [0.25, 0.3) is 5.91 Å². The van der Waals surface area contributed by atoms with Crippen molar-refractivity contribution in [3.8, 4) is 0 Å². The average molecular weight is 355 g/mol. The van der Waals surface area contributed by atoms with Crippen molar-refractivity contribution in [2.24, 2.45) is 0 Å². The Bertz CT molecular complexity index is 666. The van der Waals surface area contributed by atoms with E-state index in [1.807, 2.05) is 32.9 Å². The fourth-order valence-corrected chi connectivity index (χ4v) is 3.91. The number of sulfonamides is 1. The molecule has 1 aromatic rings. The number of hydrogen-bond acceptors (Lipinski definition) is 3. The van der Waals surface area contributed by atoms with E-state index in [4.69, 9.17) is 0 Å². The highest BCUT2D eigenvalue weighted by Crippen LogP contribution is 2.22. The zero-order valence-electron chi connectivity index (χ0n) is 15.8. The van der Waals surface area contributed by atoms with Gasteiger partial charge in [0.15, 0.2) is 0 Å². The number of carbonyl (C=O) groups excluding carboxylic acids is 1. The Morgan fingerprint density at radius 2 is 1.54 bits per heavy atom. The molecule has 0 bridgehead atoms. The third-order valence-corrected chi connectivity index (χ3v) is 5.29. The first-order valence-corrected chi connectivity index (χ1v) is 9.94. The van der Waals surface area contributed by atoms with E-state index in [-0.39, 0.29) is 24.4 Å². The Morgan fingerprint density at radius 3 is 1.92 bits per heavy atom. The molecule has 1 N–H and O–H groups in total. The number of nitrogens with zero attached hydrogens (tertiary/aromatic N) is 1. The maximum Gasteiger partial charge on any atom is 0.251 e. The van der Waals surface area contributed by atoms with Crippen LogP contribution < -0.4 is 5.32 Å². The van der Waals surface area contributed by atoms with Gasteiger partial charge in [-0.15, -0.1) is 0 Å². The molecule has 0 aliphatic carbocycles. The number of nitrogens with one attached hydrogen (secondary N) is 1. The van der Waals surface area contributed by atoms with Crippen LogP contribution in [-0.2, 0) is 15.4 Å². The van der Waals surface area contributed by atoms with E-state index >= 15 is 0 Å². The van der Waals surface area contributed by atoms with E-state index in [1.165, 1.54) is 10.6 Å². The Labute approximate surface area is 146 Å². The molecule has 0 radical (unpaired) electrons. The minimum absolute atomic E-state index is 0.0394. The van der Waals surface area contributed by atoms with Gasteiger partial charge in [-0.05, 0) is 43.9 Å². The molecule has 0 heterocycles. The lowest BCUT2D eigenvalue weighted by atomic mass is 9.87. The van der Waals surface area contributed by atoms with Gasteiger partial charge in [0, 0.05) is 24.2 Å². The SMILES string of the molecule is CC(C)(C)c1ccc(C(=O)NCCN(C(C)(C)C)S(C)(=O)=O)cc1. The monoisotopic (exact) mass is 354 g/mol. The average Bonchev–Trinajstić information content (AvgIpc) is 2.39. The summed E-state index contributed by atoms with van der Waals surface area (Å²) in [4.78, 5) is 12.2. The van der Waals surface area contributed by atoms with Crippen LogP contribution in [0, 0.1) is 0 Å². The first-order valence-electron chi connectivity index (χ1n) is 8.09. The van der Waals surface area contributed by atoms with E-state index in [0.29, 0.717) is 5.56 Å². The first kappa shape index (κ1) is 20.6. The Morgan fingerprint density at radius 1 is 1.04 bits per heavy atom. The van der Waals surface area contributed by atoms with E-state index in [9.17, 15) is 13.2 Å². The summed E-state index contributed by atoms with van der Waals surface area (Å²) >= 11 is 0. The fourth-order valence-electron chi connectivity index (χ4n) is 2.49. The molecular formula is C18H30N2O3S. The van der Waals surface area contributed by atoms with E-state index in [0.717, 1.165) is 5.56 Å². The molecule has 24 heavy (non-hydrogen) atoms. The van der Waals surface area contributed by atoms with Gasteiger partial charge in [0.1, 0.15) is 0 Å². The Hall–Kier alpha value is -1.40. The summed E-state index contributed by atoms with van der Waals surface area (Å²) < 4.78 is 25.1. The van der Waals surface area contributed by atoms with Gasteiger partial charge < -0.3 is 5.32 Å². The lowest BCUT2D eigenvalue weighted by molar-refractivity contribution is 0.0948. The third kappa shape index (κ3) is 5.91. The molecule has 0 saturated carbocycles. The minimum Gasteiger partial charge on any atom is -0.351 e. The molecular weight excluding hydrogens is 324 g/mol. The van der Waals surface area contributed by atoms with Crippen molar-refractivity contribution in [1.29, 1.82) is 0 Å². The second-order valence-corrected chi connectivity index (χ2v) is 10.00. The largest absolute Gasteiger partial charge is 0.351 e. The first-order chi connectivity index (χ1) is 10.7. The number of hydrogen-bond donors (Lipinski definition) is 1. The van der Waals surface area contributed by atoms with Gasteiger partial charge in [0.2, 0.25) is 10.0 Å². The quantitative estimate of drug-likeness (QED) is 0.884. The predicted molar refractivity (Wildman–Crippen MR) is 98.8 cm³/mol. The third-order valence-electron chi connectivity index (χ3n) is 3.76. The van der Waals surface area contributed by atoms with Crippen LogP contribution in [-0.4, -0.2) is 43.5 Å². The molecule has 0 aromatic heterocycles. The van der Waals surface area contributed by atoms with Crippen molar-refractivity contribution in [2.75, 3.05) is 19.3 Å². The van der Waals surface area contributed by atoms with Gasteiger partial charge in [-0.1, -0.05) is 32.9 Å². The molecule has 1 amide bonds. The number of rotatable bonds is 5. The fraction of sp³-hybridized carbons (Fsp3) is 0.611. The van der Waals surface area contributed by atoms with Crippen molar-refractivity contribution >= 4 is 15.9 Å². The topological polar surface area (TPSA) is 66.5 Å². The molecule has 6 heteroatoms. The van der Waals surface area contributed by atoms with Crippen molar-refractivity contribution < 1.29 is 13.2 Å². The van der Waals surface area contributed by atoms with E-state index < -0.39 is 15.6 Å². The Balaban J connectivity index is 2.69. The maximum atomic E-state index is 12.2. The molecule has 0 aliphatic rings. The number of amides is 1.